The predicted octanol–water partition coefficient (Wildman–Crippen LogP) is 3.54. The van der Waals surface area contributed by atoms with E-state index in [9.17, 15) is 4.79 Å². The molecule has 6 heteroatoms. The molecule has 3 aromatic rings. The Morgan fingerprint density at radius 2 is 1.70 bits per heavy atom. The number of esters is 1. The molecule has 0 aliphatic heterocycles. The maximum Gasteiger partial charge on any atom is 0.341 e. The first kappa shape index (κ1) is 18.4. The van der Waals surface area contributed by atoms with Gasteiger partial charge in [-0.05, 0) is 35.9 Å². The Bertz CT molecular complexity index is 956. The van der Waals surface area contributed by atoms with E-state index in [1.165, 1.54) is 20.5 Å². The lowest BCUT2D eigenvalue weighted by Gasteiger charge is -2.10. The fourth-order valence-electron chi connectivity index (χ4n) is 2.83. The van der Waals surface area contributed by atoms with E-state index >= 15 is 0 Å². The van der Waals surface area contributed by atoms with E-state index in [1.54, 1.807) is 13.2 Å². The number of carbonyl (C=O) groups is 1. The van der Waals surface area contributed by atoms with Crippen molar-refractivity contribution >= 4 is 5.97 Å². The summed E-state index contributed by atoms with van der Waals surface area (Å²) in [5, 5.41) is 0. The SMILES string of the molecule is COC(=O)c1ccc(Cc2cc(-c3ccccc3OC)ncn2)cc1OC. The van der Waals surface area contributed by atoms with Crippen molar-refractivity contribution in [1.29, 1.82) is 0 Å². The molecule has 1 heterocycles. The maximum atomic E-state index is 11.8. The molecule has 2 aromatic carbocycles. The van der Waals surface area contributed by atoms with Crippen LogP contribution in [0.2, 0.25) is 0 Å². The van der Waals surface area contributed by atoms with Gasteiger partial charge in [0.25, 0.3) is 0 Å². The van der Waals surface area contributed by atoms with Gasteiger partial charge in [0.05, 0.1) is 27.0 Å². The molecule has 0 aliphatic rings. The van der Waals surface area contributed by atoms with Crippen LogP contribution in [0.25, 0.3) is 11.3 Å². The molecular weight excluding hydrogens is 344 g/mol. The molecule has 1 aromatic heterocycles. The third-order valence-electron chi connectivity index (χ3n) is 4.16. The van der Waals surface area contributed by atoms with Crippen molar-refractivity contribution in [3.05, 3.63) is 71.7 Å². The van der Waals surface area contributed by atoms with Crippen molar-refractivity contribution in [3.8, 4) is 22.8 Å². The molecule has 0 saturated carbocycles. The smallest absolute Gasteiger partial charge is 0.341 e. The van der Waals surface area contributed by atoms with E-state index in [2.05, 4.69) is 9.97 Å². The summed E-state index contributed by atoms with van der Waals surface area (Å²) in [6.07, 6.45) is 2.11. The molecule has 0 fully saturated rings. The zero-order valence-corrected chi connectivity index (χ0v) is 15.4. The Hall–Kier alpha value is -3.41. The minimum absolute atomic E-state index is 0.390. The van der Waals surface area contributed by atoms with Gasteiger partial charge in [0.15, 0.2) is 0 Å². The van der Waals surface area contributed by atoms with Crippen molar-refractivity contribution in [2.75, 3.05) is 21.3 Å². The van der Waals surface area contributed by atoms with Gasteiger partial charge in [-0.15, -0.1) is 0 Å². The Labute approximate surface area is 157 Å². The zero-order chi connectivity index (χ0) is 19.2. The van der Waals surface area contributed by atoms with E-state index < -0.39 is 5.97 Å². The average molecular weight is 364 g/mol. The van der Waals surface area contributed by atoms with Gasteiger partial charge in [-0.25, -0.2) is 14.8 Å². The molecular formula is C21H20N2O4. The lowest BCUT2D eigenvalue weighted by Crippen LogP contribution is -2.05. The van der Waals surface area contributed by atoms with Crippen molar-refractivity contribution < 1.29 is 19.0 Å². The Morgan fingerprint density at radius 3 is 2.44 bits per heavy atom. The molecule has 0 spiro atoms. The number of ether oxygens (including phenoxy) is 3. The van der Waals surface area contributed by atoms with Crippen LogP contribution in [-0.4, -0.2) is 37.3 Å². The molecule has 138 valence electrons. The van der Waals surface area contributed by atoms with Crippen LogP contribution >= 0.6 is 0 Å². The number of para-hydroxylation sites is 1. The second-order valence-electron chi connectivity index (χ2n) is 5.80. The lowest BCUT2D eigenvalue weighted by atomic mass is 10.0. The van der Waals surface area contributed by atoms with Crippen molar-refractivity contribution in [2.45, 2.75) is 6.42 Å². The molecule has 0 radical (unpaired) electrons. The molecule has 0 unspecified atom stereocenters. The van der Waals surface area contributed by atoms with Crippen LogP contribution in [0, 0.1) is 0 Å². The third-order valence-corrected chi connectivity index (χ3v) is 4.16. The highest BCUT2D eigenvalue weighted by molar-refractivity contribution is 5.92. The maximum absolute atomic E-state index is 11.8. The van der Waals surface area contributed by atoms with Crippen LogP contribution in [0.5, 0.6) is 11.5 Å². The van der Waals surface area contributed by atoms with Crippen molar-refractivity contribution in [1.82, 2.24) is 9.97 Å². The van der Waals surface area contributed by atoms with E-state index in [1.807, 2.05) is 42.5 Å². The highest BCUT2D eigenvalue weighted by Crippen LogP contribution is 2.28. The Kier molecular flexibility index (Phi) is 5.66. The molecule has 0 atom stereocenters. The molecule has 27 heavy (non-hydrogen) atoms. The molecule has 0 N–H and O–H groups in total. The number of hydrogen-bond acceptors (Lipinski definition) is 6. The molecule has 0 saturated heterocycles. The van der Waals surface area contributed by atoms with Crippen molar-refractivity contribution in [3.63, 3.8) is 0 Å². The first-order chi connectivity index (χ1) is 13.2. The number of hydrogen-bond donors (Lipinski definition) is 0. The summed E-state index contributed by atoms with van der Waals surface area (Å²) in [7, 11) is 4.50. The summed E-state index contributed by atoms with van der Waals surface area (Å²) in [4.78, 5) is 20.5. The fraction of sp³-hybridized carbons (Fsp3) is 0.190. The monoisotopic (exact) mass is 364 g/mol. The van der Waals surface area contributed by atoms with Crippen LogP contribution in [-0.2, 0) is 11.2 Å². The molecule has 0 amide bonds. The lowest BCUT2D eigenvalue weighted by molar-refractivity contribution is 0.0597. The summed E-state index contributed by atoms with van der Waals surface area (Å²) >= 11 is 0. The summed E-state index contributed by atoms with van der Waals surface area (Å²) in [6, 6.07) is 15.0. The predicted molar refractivity (Wildman–Crippen MR) is 101 cm³/mol. The van der Waals surface area contributed by atoms with Gasteiger partial charge in [-0.2, -0.15) is 0 Å². The second-order valence-corrected chi connectivity index (χ2v) is 5.80. The topological polar surface area (TPSA) is 70.5 Å². The van der Waals surface area contributed by atoms with Crippen LogP contribution < -0.4 is 9.47 Å². The standard InChI is InChI=1S/C21H20N2O4/c1-25-19-7-5-4-6-16(19)18-12-15(22-13-23-18)10-14-8-9-17(21(24)27-3)20(11-14)26-2/h4-9,11-13H,10H2,1-3H3. The van der Waals surface area contributed by atoms with Gasteiger partial charge in [0.1, 0.15) is 23.4 Å². The van der Waals surface area contributed by atoms with Crippen LogP contribution in [0.4, 0.5) is 0 Å². The van der Waals surface area contributed by atoms with E-state index in [0.29, 0.717) is 17.7 Å². The number of methoxy groups -OCH3 is 3. The number of benzene rings is 2. The first-order valence-electron chi connectivity index (χ1n) is 8.35. The number of rotatable bonds is 6. The summed E-state index contributed by atoms with van der Waals surface area (Å²) in [6.45, 7) is 0. The zero-order valence-electron chi connectivity index (χ0n) is 15.4. The third kappa shape index (κ3) is 4.06. The normalized spacial score (nSPS) is 10.3. The van der Waals surface area contributed by atoms with Crippen molar-refractivity contribution in [2.24, 2.45) is 0 Å². The van der Waals surface area contributed by atoms with Gasteiger partial charge in [-0.3, -0.25) is 0 Å². The van der Waals surface area contributed by atoms with E-state index in [-0.39, 0.29) is 0 Å². The van der Waals surface area contributed by atoms with Gasteiger partial charge in [0.2, 0.25) is 0 Å². The average Bonchev–Trinajstić information content (AvgIpc) is 2.73. The van der Waals surface area contributed by atoms with Gasteiger partial charge in [-0.1, -0.05) is 18.2 Å². The second kappa shape index (κ2) is 8.31. The number of aromatic nitrogens is 2. The highest BCUT2D eigenvalue weighted by Gasteiger charge is 2.14. The highest BCUT2D eigenvalue weighted by atomic mass is 16.5. The number of carbonyl (C=O) groups excluding carboxylic acids is 1. The van der Waals surface area contributed by atoms with Crippen LogP contribution in [0.1, 0.15) is 21.6 Å². The number of nitrogens with zero attached hydrogens (tertiary/aromatic N) is 2. The van der Waals surface area contributed by atoms with Gasteiger partial charge >= 0.3 is 5.97 Å². The van der Waals surface area contributed by atoms with E-state index in [4.69, 9.17) is 14.2 Å². The van der Waals surface area contributed by atoms with Crippen LogP contribution in [0.15, 0.2) is 54.9 Å². The minimum Gasteiger partial charge on any atom is -0.496 e. The largest absolute Gasteiger partial charge is 0.496 e. The quantitative estimate of drug-likeness (QED) is 0.623. The van der Waals surface area contributed by atoms with Gasteiger partial charge in [0, 0.05) is 17.7 Å². The van der Waals surface area contributed by atoms with Crippen LogP contribution in [0.3, 0.4) is 0 Å². The Balaban J connectivity index is 1.90. The Morgan fingerprint density at radius 1 is 0.926 bits per heavy atom. The fourth-order valence-corrected chi connectivity index (χ4v) is 2.83. The van der Waals surface area contributed by atoms with Gasteiger partial charge < -0.3 is 14.2 Å². The minimum atomic E-state index is -0.432. The molecule has 3 rings (SSSR count). The molecule has 0 bridgehead atoms. The first-order valence-corrected chi connectivity index (χ1v) is 8.35. The summed E-state index contributed by atoms with van der Waals surface area (Å²) < 4.78 is 15.5. The molecule has 0 aliphatic carbocycles. The van der Waals surface area contributed by atoms with E-state index in [0.717, 1.165) is 28.3 Å². The summed E-state index contributed by atoms with van der Waals surface area (Å²) in [5.41, 5.74) is 3.89. The molecule has 6 nitrogen and oxygen atoms in total. The summed E-state index contributed by atoms with van der Waals surface area (Å²) in [5.74, 6) is 0.795.